The van der Waals surface area contributed by atoms with Crippen molar-refractivity contribution in [2.45, 2.75) is 45.1 Å². The number of hydrogen-bond acceptors (Lipinski definition) is 3. The van der Waals surface area contributed by atoms with Crippen LogP contribution in [0.5, 0.6) is 0 Å². The van der Waals surface area contributed by atoms with Gasteiger partial charge >= 0.3 is 5.97 Å². The summed E-state index contributed by atoms with van der Waals surface area (Å²) in [6.07, 6.45) is 5.02. The van der Waals surface area contributed by atoms with Crippen LogP contribution in [0.1, 0.15) is 39.0 Å². The second kappa shape index (κ2) is 5.61. The van der Waals surface area contributed by atoms with Gasteiger partial charge in [0.1, 0.15) is 0 Å². The monoisotopic (exact) mass is 257 g/mol. The van der Waals surface area contributed by atoms with E-state index in [-0.39, 0.29) is 0 Å². The van der Waals surface area contributed by atoms with Crippen molar-refractivity contribution in [3.63, 3.8) is 0 Å². The van der Waals surface area contributed by atoms with Crippen LogP contribution in [0.3, 0.4) is 0 Å². The lowest BCUT2D eigenvalue weighted by molar-refractivity contribution is -0.152. The predicted molar refractivity (Wildman–Crippen MR) is 71.5 cm³/mol. The largest absolute Gasteiger partial charge is 0.481 e. The molecule has 3 nitrogen and oxygen atoms in total. The molecule has 0 atom stereocenters. The fourth-order valence-electron chi connectivity index (χ4n) is 3.09. The first kappa shape index (κ1) is 13.2. The van der Waals surface area contributed by atoms with Crippen LogP contribution in [-0.2, 0) is 4.79 Å². The zero-order valence-corrected chi connectivity index (χ0v) is 11.5. The highest BCUT2D eigenvalue weighted by atomic mass is 32.2. The maximum absolute atomic E-state index is 11.4. The van der Waals surface area contributed by atoms with Crippen LogP contribution in [-0.4, -0.2) is 46.6 Å². The molecule has 0 spiro atoms. The number of thioether (sulfide) groups is 1. The van der Waals surface area contributed by atoms with Crippen molar-refractivity contribution < 1.29 is 9.90 Å². The highest BCUT2D eigenvalue weighted by Gasteiger charge is 2.41. The molecule has 2 aliphatic rings. The van der Waals surface area contributed by atoms with E-state index >= 15 is 0 Å². The molecular formula is C13H23NO2S. The van der Waals surface area contributed by atoms with Crippen LogP contribution in [0.2, 0.25) is 0 Å². The van der Waals surface area contributed by atoms with Gasteiger partial charge in [-0.3, -0.25) is 4.79 Å². The molecule has 4 heteroatoms. The molecule has 98 valence electrons. The lowest BCUT2D eigenvalue weighted by atomic mass is 9.76. The number of rotatable bonds is 3. The molecule has 1 N–H and O–H groups in total. The zero-order valence-electron chi connectivity index (χ0n) is 10.7. The molecule has 2 rings (SSSR count). The number of carboxylic acids is 1. The van der Waals surface area contributed by atoms with Crippen LogP contribution in [0, 0.1) is 5.41 Å². The molecule has 2 heterocycles. The van der Waals surface area contributed by atoms with E-state index in [0.29, 0.717) is 0 Å². The Balaban J connectivity index is 1.90. The van der Waals surface area contributed by atoms with Crippen LogP contribution in [0.15, 0.2) is 0 Å². The van der Waals surface area contributed by atoms with Gasteiger partial charge in [-0.05, 0) is 56.7 Å². The Morgan fingerprint density at radius 1 is 1.35 bits per heavy atom. The summed E-state index contributed by atoms with van der Waals surface area (Å²) in [5, 5.41) is 9.36. The number of carboxylic acid groups (broad SMARTS) is 1. The van der Waals surface area contributed by atoms with Gasteiger partial charge in [-0.25, -0.2) is 0 Å². The summed E-state index contributed by atoms with van der Waals surface area (Å²) < 4.78 is 0. The van der Waals surface area contributed by atoms with Crippen molar-refractivity contribution in [1.82, 2.24) is 4.90 Å². The Morgan fingerprint density at radius 3 is 2.41 bits per heavy atom. The van der Waals surface area contributed by atoms with E-state index in [4.69, 9.17) is 0 Å². The smallest absolute Gasteiger partial charge is 0.309 e. The van der Waals surface area contributed by atoms with Gasteiger partial charge in [-0.15, -0.1) is 0 Å². The first-order valence-corrected chi connectivity index (χ1v) is 7.88. The molecule has 2 aliphatic heterocycles. The van der Waals surface area contributed by atoms with Gasteiger partial charge in [-0.2, -0.15) is 11.8 Å². The van der Waals surface area contributed by atoms with Gasteiger partial charge < -0.3 is 10.0 Å². The zero-order chi connectivity index (χ0) is 12.3. The van der Waals surface area contributed by atoms with Gasteiger partial charge in [0, 0.05) is 6.04 Å². The summed E-state index contributed by atoms with van der Waals surface area (Å²) >= 11 is 2.05. The fourth-order valence-corrected chi connectivity index (χ4v) is 4.17. The number of hydrogen-bond donors (Lipinski definition) is 1. The Morgan fingerprint density at radius 2 is 1.94 bits per heavy atom. The molecule has 0 aromatic heterocycles. The molecule has 0 unspecified atom stereocenters. The summed E-state index contributed by atoms with van der Waals surface area (Å²) in [5.74, 6) is 1.97. The van der Waals surface area contributed by atoms with Gasteiger partial charge in [0.15, 0.2) is 0 Å². The van der Waals surface area contributed by atoms with E-state index in [1.54, 1.807) is 0 Å². The molecule has 17 heavy (non-hydrogen) atoms. The maximum Gasteiger partial charge on any atom is 0.309 e. The van der Waals surface area contributed by atoms with E-state index in [1.165, 1.54) is 24.3 Å². The average Bonchev–Trinajstić information content (AvgIpc) is 2.39. The van der Waals surface area contributed by atoms with Crippen LogP contribution < -0.4 is 0 Å². The van der Waals surface area contributed by atoms with Crippen molar-refractivity contribution in [2.75, 3.05) is 24.6 Å². The first-order chi connectivity index (χ1) is 8.18. The Hall–Kier alpha value is -0.220. The fraction of sp³-hybridized carbons (Fsp3) is 0.923. The minimum atomic E-state index is -0.584. The van der Waals surface area contributed by atoms with Crippen molar-refractivity contribution in [1.29, 1.82) is 0 Å². The molecule has 0 radical (unpaired) electrons. The lowest BCUT2D eigenvalue weighted by Crippen LogP contribution is -2.48. The predicted octanol–water partition coefficient (Wildman–Crippen LogP) is 2.46. The molecule has 0 aromatic carbocycles. The lowest BCUT2D eigenvalue weighted by Gasteiger charge is -2.42. The van der Waals surface area contributed by atoms with Gasteiger partial charge in [-0.1, -0.05) is 6.92 Å². The van der Waals surface area contributed by atoms with Crippen molar-refractivity contribution in [3.8, 4) is 0 Å². The maximum atomic E-state index is 11.4. The average molecular weight is 257 g/mol. The standard InChI is InChI=1S/C13H23NO2S/c1-2-13(12(15)16)5-7-14(8-6-13)11-3-9-17-10-4-11/h11H,2-10H2,1H3,(H,15,16). The van der Waals surface area contributed by atoms with E-state index in [2.05, 4.69) is 16.7 Å². The van der Waals surface area contributed by atoms with Crippen LogP contribution >= 0.6 is 11.8 Å². The van der Waals surface area contributed by atoms with E-state index in [0.717, 1.165) is 38.4 Å². The van der Waals surface area contributed by atoms with Gasteiger partial charge in [0.2, 0.25) is 0 Å². The molecule has 0 aliphatic carbocycles. The number of likely N-dealkylation sites (tertiary alicyclic amines) is 1. The summed E-state index contributed by atoms with van der Waals surface area (Å²) in [5.41, 5.74) is -0.431. The topological polar surface area (TPSA) is 40.5 Å². The van der Waals surface area contributed by atoms with Crippen molar-refractivity contribution in [3.05, 3.63) is 0 Å². The van der Waals surface area contributed by atoms with E-state index in [9.17, 15) is 9.90 Å². The number of aliphatic carboxylic acids is 1. The summed E-state index contributed by atoms with van der Waals surface area (Å²) in [6.45, 7) is 3.98. The highest BCUT2D eigenvalue weighted by molar-refractivity contribution is 7.99. The molecule has 2 fully saturated rings. The molecule has 2 saturated heterocycles. The second-order valence-corrected chi connectivity index (χ2v) is 6.54. The molecule has 0 saturated carbocycles. The van der Waals surface area contributed by atoms with E-state index < -0.39 is 11.4 Å². The number of nitrogens with zero attached hydrogens (tertiary/aromatic N) is 1. The first-order valence-electron chi connectivity index (χ1n) is 6.73. The van der Waals surface area contributed by atoms with Gasteiger partial charge in [0.25, 0.3) is 0 Å². The molecular weight excluding hydrogens is 234 g/mol. The summed E-state index contributed by atoms with van der Waals surface area (Å²) in [6, 6.07) is 0.722. The third-order valence-electron chi connectivity index (χ3n) is 4.59. The Labute approximate surface area is 108 Å². The molecule has 0 aromatic rings. The number of carbonyl (C=O) groups is 1. The minimum Gasteiger partial charge on any atom is -0.481 e. The van der Waals surface area contributed by atoms with Crippen LogP contribution in [0.4, 0.5) is 0 Å². The number of piperidine rings is 1. The van der Waals surface area contributed by atoms with E-state index in [1.807, 2.05) is 6.92 Å². The quantitative estimate of drug-likeness (QED) is 0.843. The van der Waals surface area contributed by atoms with Gasteiger partial charge in [0.05, 0.1) is 5.41 Å². The Kier molecular flexibility index (Phi) is 4.36. The van der Waals surface area contributed by atoms with Crippen molar-refractivity contribution >= 4 is 17.7 Å². The third kappa shape index (κ3) is 2.79. The SMILES string of the molecule is CCC1(C(=O)O)CCN(C2CCSCC2)CC1. The summed E-state index contributed by atoms with van der Waals surface area (Å²) in [7, 11) is 0. The minimum absolute atomic E-state index is 0.431. The Bertz CT molecular complexity index is 269. The summed E-state index contributed by atoms with van der Waals surface area (Å²) in [4.78, 5) is 13.9. The third-order valence-corrected chi connectivity index (χ3v) is 5.64. The molecule has 0 amide bonds. The molecule has 0 bridgehead atoms. The highest BCUT2D eigenvalue weighted by Crippen LogP contribution is 2.37. The second-order valence-electron chi connectivity index (χ2n) is 5.32. The normalized spacial score (nSPS) is 26.9. The van der Waals surface area contributed by atoms with Crippen molar-refractivity contribution in [2.24, 2.45) is 5.41 Å². The van der Waals surface area contributed by atoms with Crippen LogP contribution in [0.25, 0.3) is 0 Å².